The molecule has 1 heterocycles. The molecule has 0 atom stereocenters. The number of amides is 1. The van der Waals surface area contributed by atoms with Crippen molar-refractivity contribution >= 4 is 18.3 Å². The highest BCUT2D eigenvalue weighted by Crippen LogP contribution is 2.32. The Balaban J connectivity index is 2.01. The van der Waals surface area contributed by atoms with Gasteiger partial charge in [0, 0.05) is 6.08 Å². The average Bonchev–Trinajstić information content (AvgIpc) is 2.81. The highest BCUT2D eigenvalue weighted by atomic mass is 16.7. The molecule has 88 valence electrons. The van der Waals surface area contributed by atoms with Gasteiger partial charge in [-0.25, -0.2) is 0 Å². The fourth-order valence-corrected chi connectivity index (χ4v) is 1.39. The second-order valence-corrected chi connectivity index (χ2v) is 3.36. The first-order valence-electron chi connectivity index (χ1n) is 5.09. The molecule has 0 saturated heterocycles. The SMILES string of the molecule is O=CCNC(=O)C=Cc1ccc2c(c1)OCO2. The van der Waals surface area contributed by atoms with Crippen molar-refractivity contribution in [2.45, 2.75) is 0 Å². The van der Waals surface area contributed by atoms with Gasteiger partial charge in [0.15, 0.2) is 11.5 Å². The minimum absolute atomic E-state index is 0.0182. The molecule has 0 radical (unpaired) electrons. The third kappa shape index (κ3) is 2.84. The molecule has 1 amide bonds. The van der Waals surface area contributed by atoms with Gasteiger partial charge in [0.1, 0.15) is 6.29 Å². The van der Waals surface area contributed by atoms with E-state index in [2.05, 4.69) is 5.32 Å². The van der Waals surface area contributed by atoms with Crippen molar-refractivity contribution in [2.24, 2.45) is 0 Å². The lowest BCUT2D eigenvalue weighted by Crippen LogP contribution is -2.22. The third-order valence-electron chi connectivity index (χ3n) is 2.18. The highest BCUT2D eigenvalue weighted by molar-refractivity contribution is 5.92. The third-order valence-corrected chi connectivity index (χ3v) is 2.18. The molecular weight excluding hydrogens is 222 g/mol. The predicted octanol–water partition coefficient (Wildman–Crippen LogP) is 0.744. The Kier molecular flexibility index (Phi) is 3.40. The van der Waals surface area contributed by atoms with Gasteiger partial charge < -0.3 is 19.6 Å². The van der Waals surface area contributed by atoms with Crippen molar-refractivity contribution in [1.29, 1.82) is 0 Å². The van der Waals surface area contributed by atoms with Gasteiger partial charge in [0.2, 0.25) is 12.7 Å². The summed E-state index contributed by atoms with van der Waals surface area (Å²) in [5, 5.41) is 2.41. The molecule has 0 unspecified atom stereocenters. The van der Waals surface area contributed by atoms with Crippen LogP contribution in [0.2, 0.25) is 0 Å². The van der Waals surface area contributed by atoms with Crippen LogP contribution in [0.3, 0.4) is 0 Å². The molecule has 0 saturated carbocycles. The van der Waals surface area contributed by atoms with Crippen LogP contribution in [0.15, 0.2) is 24.3 Å². The summed E-state index contributed by atoms with van der Waals surface area (Å²) in [6.45, 7) is 0.243. The molecule has 0 bridgehead atoms. The van der Waals surface area contributed by atoms with Crippen LogP contribution in [0.25, 0.3) is 6.08 Å². The first-order chi connectivity index (χ1) is 8.29. The molecule has 1 N–H and O–H groups in total. The molecule has 0 fully saturated rings. The summed E-state index contributed by atoms with van der Waals surface area (Å²) in [6, 6.07) is 5.38. The molecule has 5 nitrogen and oxygen atoms in total. The maximum absolute atomic E-state index is 11.2. The van der Waals surface area contributed by atoms with Crippen molar-refractivity contribution in [2.75, 3.05) is 13.3 Å². The van der Waals surface area contributed by atoms with Crippen LogP contribution >= 0.6 is 0 Å². The number of rotatable bonds is 4. The number of carbonyl (C=O) groups is 2. The lowest BCUT2D eigenvalue weighted by molar-refractivity contribution is -0.118. The van der Waals surface area contributed by atoms with Gasteiger partial charge in [-0.1, -0.05) is 6.07 Å². The van der Waals surface area contributed by atoms with Crippen molar-refractivity contribution in [3.05, 3.63) is 29.8 Å². The van der Waals surface area contributed by atoms with E-state index >= 15 is 0 Å². The minimum atomic E-state index is -0.310. The summed E-state index contributed by atoms with van der Waals surface area (Å²) >= 11 is 0. The molecule has 1 aromatic rings. The van der Waals surface area contributed by atoms with Crippen LogP contribution in [0.1, 0.15) is 5.56 Å². The predicted molar refractivity (Wildman–Crippen MR) is 60.7 cm³/mol. The monoisotopic (exact) mass is 233 g/mol. The second kappa shape index (κ2) is 5.16. The van der Waals surface area contributed by atoms with Crippen LogP contribution in [-0.4, -0.2) is 25.5 Å². The summed E-state index contributed by atoms with van der Waals surface area (Å²) in [7, 11) is 0. The van der Waals surface area contributed by atoms with E-state index in [9.17, 15) is 9.59 Å². The fraction of sp³-hybridized carbons (Fsp3) is 0.167. The van der Waals surface area contributed by atoms with E-state index in [-0.39, 0.29) is 19.2 Å². The topological polar surface area (TPSA) is 64.6 Å². The molecule has 5 heteroatoms. The van der Waals surface area contributed by atoms with Gasteiger partial charge >= 0.3 is 0 Å². The Morgan fingerprint density at radius 2 is 2.18 bits per heavy atom. The van der Waals surface area contributed by atoms with Crippen LogP contribution < -0.4 is 14.8 Å². The number of nitrogens with one attached hydrogen (secondary N) is 1. The standard InChI is InChI=1S/C12H11NO4/c14-6-5-13-12(15)4-2-9-1-3-10-11(7-9)17-8-16-10/h1-4,6-7H,5,8H2,(H,13,15). The van der Waals surface area contributed by atoms with Crippen molar-refractivity contribution in [3.8, 4) is 11.5 Å². The zero-order chi connectivity index (χ0) is 12.1. The van der Waals surface area contributed by atoms with Crippen LogP contribution in [0, 0.1) is 0 Å². The maximum Gasteiger partial charge on any atom is 0.244 e. The van der Waals surface area contributed by atoms with Crippen molar-refractivity contribution in [3.63, 3.8) is 0 Å². The van der Waals surface area contributed by atoms with Crippen LogP contribution in [-0.2, 0) is 9.59 Å². The Morgan fingerprint density at radius 3 is 3.00 bits per heavy atom. The molecule has 1 aliphatic heterocycles. The first-order valence-corrected chi connectivity index (χ1v) is 5.09. The Hall–Kier alpha value is -2.30. The normalized spacial score (nSPS) is 12.7. The number of hydrogen-bond donors (Lipinski definition) is 1. The molecule has 0 aromatic heterocycles. The molecule has 0 spiro atoms. The summed E-state index contributed by atoms with van der Waals surface area (Å²) in [5.41, 5.74) is 0.829. The van der Waals surface area contributed by atoms with Crippen LogP contribution in [0.4, 0.5) is 0 Å². The largest absolute Gasteiger partial charge is 0.454 e. The number of carbonyl (C=O) groups excluding carboxylic acids is 2. The average molecular weight is 233 g/mol. The lowest BCUT2D eigenvalue weighted by atomic mass is 10.2. The molecule has 1 aliphatic rings. The zero-order valence-electron chi connectivity index (χ0n) is 9.01. The number of aldehydes is 1. The second-order valence-electron chi connectivity index (χ2n) is 3.36. The van der Waals surface area contributed by atoms with E-state index in [4.69, 9.17) is 9.47 Å². The lowest BCUT2D eigenvalue weighted by Gasteiger charge is -1.98. The van der Waals surface area contributed by atoms with E-state index in [1.807, 2.05) is 6.07 Å². The zero-order valence-corrected chi connectivity index (χ0v) is 9.01. The number of hydrogen-bond acceptors (Lipinski definition) is 4. The van der Waals surface area contributed by atoms with E-state index in [1.54, 1.807) is 18.2 Å². The molecule has 0 aliphatic carbocycles. The van der Waals surface area contributed by atoms with E-state index in [0.717, 1.165) is 5.56 Å². The first kappa shape index (κ1) is 11.2. The van der Waals surface area contributed by atoms with Gasteiger partial charge in [-0.3, -0.25) is 4.79 Å². The van der Waals surface area contributed by atoms with Crippen LogP contribution in [0.5, 0.6) is 11.5 Å². The Morgan fingerprint density at radius 1 is 1.35 bits per heavy atom. The number of benzene rings is 1. The van der Waals surface area contributed by atoms with Gasteiger partial charge in [-0.15, -0.1) is 0 Å². The van der Waals surface area contributed by atoms with Gasteiger partial charge in [-0.2, -0.15) is 0 Å². The number of ether oxygens (including phenoxy) is 2. The number of fused-ring (bicyclic) bond motifs is 1. The molecule has 2 rings (SSSR count). The Labute approximate surface area is 98.0 Å². The van der Waals surface area contributed by atoms with Crippen molar-refractivity contribution in [1.82, 2.24) is 5.32 Å². The molecule has 1 aromatic carbocycles. The van der Waals surface area contributed by atoms with Crippen molar-refractivity contribution < 1.29 is 19.1 Å². The summed E-state index contributed by atoms with van der Waals surface area (Å²) in [6.07, 6.45) is 3.63. The van der Waals surface area contributed by atoms with Gasteiger partial charge in [0.25, 0.3) is 0 Å². The Bertz CT molecular complexity index is 468. The van der Waals surface area contributed by atoms with E-state index in [1.165, 1.54) is 6.08 Å². The smallest absolute Gasteiger partial charge is 0.244 e. The van der Waals surface area contributed by atoms with E-state index < -0.39 is 0 Å². The van der Waals surface area contributed by atoms with Gasteiger partial charge in [-0.05, 0) is 23.8 Å². The highest BCUT2D eigenvalue weighted by Gasteiger charge is 2.12. The quantitative estimate of drug-likeness (QED) is 0.615. The fourth-order valence-electron chi connectivity index (χ4n) is 1.39. The summed E-state index contributed by atoms with van der Waals surface area (Å²) in [4.78, 5) is 21.2. The molecule has 17 heavy (non-hydrogen) atoms. The maximum atomic E-state index is 11.2. The summed E-state index contributed by atoms with van der Waals surface area (Å²) in [5.74, 6) is 1.06. The van der Waals surface area contributed by atoms with E-state index in [0.29, 0.717) is 17.8 Å². The molecular formula is C12H11NO4. The summed E-state index contributed by atoms with van der Waals surface area (Å²) < 4.78 is 10.4. The minimum Gasteiger partial charge on any atom is -0.454 e. The van der Waals surface area contributed by atoms with Gasteiger partial charge in [0.05, 0.1) is 6.54 Å².